The first-order chi connectivity index (χ1) is 13.1. The molecule has 0 spiro atoms. The minimum atomic E-state index is -0.362. The van der Waals surface area contributed by atoms with Gasteiger partial charge >= 0.3 is 0 Å². The summed E-state index contributed by atoms with van der Waals surface area (Å²) in [7, 11) is 3.14. The molecule has 0 aliphatic carbocycles. The summed E-state index contributed by atoms with van der Waals surface area (Å²) < 4.78 is 10.7. The molecule has 2 amide bonds. The second-order valence-electron chi connectivity index (χ2n) is 6.81. The number of fused-ring (bicyclic) bond motifs is 1. The molecule has 1 unspecified atom stereocenters. The topological polar surface area (TPSA) is 59.1 Å². The van der Waals surface area contributed by atoms with E-state index >= 15 is 0 Å². The van der Waals surface area contributed by atoms with Gasteiger partial charge in [0.05, 0.1) is 25.8 Å². The maximum Gasteiger partial charge on any atom is 0.232 e. The van der Waals surface area contributed by atoms with Crippen LogP contribution in [0.5, 0.6) is 11.5 Å². The van der Waals surface area contributed by atoms with Crippen molar-refractivity contribution in [3.8, 4) is 11.5 Å². The molecule has 140 valence electrons. The minimum absolute atomic E-state index is 0.0117. The van der Waals surface area contributed by atoms with Crippen LogP contribution in [-0.2, 0) is 16.0 Å². The number of para-hydroxylation sites is 1. The molecule has 2 aliphatic heterocycles. The summed E-state index contributed by atoms with van der Waals surface area (Å²) in [5, 5.41) is 0. The third-order valence-corrected chi connectivity index (χ3v) is 5.30. The van der Waals surface area contributed by atoms with E-state index in [0.29, 0.717) is 30.3 Å². The first-order valence-corrected chi connectivity index (χ1v) is 9.04. The molecule has 2 heterocycles. The van der Waals surface area contributed by atoms with E-state index in [1.165, 1.54) is 5.56 Å². The number of nitrogens with zero attached hydrogens (tertiary/aromatic N) is 2. The number of benzene rings is 2. The molecular formula is C21H22N2O4. The number of amides is 2. The molecule has 2 aliphatic rings. The van der Waals surface area contributed by atoms with E-state index in [4.69, 9.17) is 9.47 Å². The van der Waals surface area contributed by atoms with E-state index < -0.39 is 0 Å². The van der Waals surface area contributed by atoms with E-state index in [9.17, 15) is 9.59 Å². The summed E-state index contributed by atoms with van der Waals surface area (Å²) in [6.45, 7) is 1.02. The molecule has 27 heavy (non-hydrogen) atoms. The summed E-state index contributed by atoms with van der Waals surface area (Å²) in [6.07, 6.45) is 1.06. The molecule has 1 fully saturated rings. The van der Waals surface area contributed by atoms with Gasteiger partial charge in [0.15, 0.2) is 0 Å². The van der Waals surface area contributed by atoms with Gasteiger partial charge in [0.2, 0.25) is 11.8 Å². The van der Waals surface area contributed by atoms with Gasteiger partial charge in [0, 0.05) is 31.3 Å². The Bertz CT molecular complexity index is 896. The SMILES string of the molecule is COc1ccc(OC)c(N2CC(C(=O)N3CCc4ccccc43)CC2=O)c1. The second kappa shape index (κ2) is 6.95. The number of carbonyl (C=O) groups is 2. The molecular weight excluding hydrogens is 344 g/mol. The zero-order valence-corrected chi connectivity index (χ0v) is 15.5. The lowest BCUT2D eigenvalue weighted by molar-refractivity contribution is -0.124. The van der Waals surface area contributed by atoms with Crippen LogP contribution >= 0.6 is 0 Å². The number of hydrogen-bond acceptors (Lipinski definition) is 4. The van der Waals surface area contributed by atoms with Crippen LogP contribution < -0.4 is 19.3 Å². The van der Waals surface area contributed by atoms with Crippen molar-refractivity contribution < 1.29 is 19.1 Å². The van der Waals surface area contributed by atoms with E-state index in [1.54, 1.807) is 37.3 Å². The molecule has 0 bridgehead atoms. The van der Waals surface area contributed by atoms with Gasteiger partial charge < -0.3 is 19.3 Å². The third kappa shape index (κ3) is 3.01. The normalized spacial score (nSPS) is 18.6. The first-order valence-electron chi connectivity index (χ1n) is 9.04. The number of ether oxygens (including phenoxy) is 2. The molecule has 0 saturated carbocycles. The first kappa shape index (κ1) is 17.4. The summed E-state index contributed by atoms with van der Waals surface area (Å²) >= 11 is 0. The average Bonchev–Trinajstić information content (AvgIpc) is 3.30. The summed E-state index contributed by atoms with van der Waals surface area (Å²) in [5.74, 6) is 0.801. The van der Waals surface area contributed by atoms with Crippen molar-refractivity contribution in [3.63, 3.8) is 0 Å². The maximum atomic E-state index is 13.1. The standard InChI is InChI=1S/C21H22N2O4/c1-26-16-7-8-19(27-2)18(12-16)23-13-15(11-20(23)24)21(25)22-10-9-14-5-3-4-6-17(14)22/h3-8,12,15H,9-11,13H2,1-2H3. The van der Waals surface area contributed by atoms with Crippen molar-refractivity contribution in [1.82, 2.24) is 0 Å². The van der Waals surface area contributed by atoms with Crippen molar-refractivity contribution >= 4 is 23.2 Å². The monoisotopic (exact) mass is 366 g/mol. The second-order valence-corrected chi connectivity index (χ2v) is 6.81. The van der Waals surface area contributed by atoms with Crippen molar-refractivity contribution in [2.45, 2.75) is 12.8 Å². The Kier molecular flexibility index (Phi) is 4.48. The van der Waals surface area contributed by atoms with Crippen LogP contribution in [0.15, 0.2) is 42.5 Å². The van der Waals surface area contributed by atoms with E-state index in [-0.39, 0.29) is 24.2 Å². The lowest BCUT2D eigenvalue weighted by Gasteiger charge is -2.23. The van der Waals surface area contributed by atoms with Gasteiger partial charge in [0.25, 0.3) is 0 Å². The molecule has 0 aromatic heterocycles. The molecule has 2 aromatic carbocycles. The van der Waals surface area contributed by atoms with Gasteiger partial charge in [-0.1, -0.05) is 18.2 Å². The van der Waals surface area contributed by atoms with Gasteiger partial charge in [-0.25, -0.2) is 0 Å². The summed E-state index contributed by atoms with van der Waals surface area (Å²) in [6, 6.07) is 13.3. The van der Waals surface area contributed by atoms with Crippen molar-refractivity contribution in [1.29, 1.82) is 0 Å². The molecule has 4 rings (SSSR count). The van der Waals surface area contributed by atoms with Gasteiger partial charge in [-0.2, -0.15) is 0 Å². The fraction of sp³-hybridized carbons (Fsp3) is 0.333. The lowest BCUT2D eigenvalue weighted by atomic mass is 10.1. The van der Waals surface area contributed by atoms with Crippen molar-refractivity contribution in [2.24, 2.45) is 5.92 Å². The van der Waals surface area contributed by atoms with Crippen LogP contribution in [0.25, 0.3) is 0 Å². The molecule has 2 aromatic rings. The third-order valence-electron chi connectivity index (χ3n) is 5.30. The number of hydrogen-bond donors (Lipinski definition) is 0. The highest BCUT2D eigenvalue weighted by molar-refractivity contribution is 6.05. The van der Waals surface area contributed by atoms with Crippen molar-refractivity contribution in [2.75, 3.05) is 37.1 Å². The average molecular weight is 366 g/mol. The largest absolute Gasteiger partial charge is 0.497 e. The Morgan fingerprint density at radius 2 is 1.89 bits per heavy atom. The van der Waals surface area contributed by atoms with Gasteiger partial charge in [-0.3, -0.25) is 9.59 Å². The van der Waals surface area contributed by atoms with Gasteiger partial charge in [-0.05, 0) is 30.2 Å². The zero-order valence-electron chi connectivity index (χ0n) is 15.5. The predicted molar refractivity (Wildman–Crippen MR) is 103 cm³/mol. The highest BCUT2D eigenvalue weighted by Crippen LogP contribution is 2.37. The Balaban J connectivity index is 1.57. The predicted octanol–water partition coefficient (Wildman–Crippen LogP) is 2.65. The van der Waals surface area contributed by atoms with E-state index in [1.807, 2.05) is 23.1 Å². The van der Waals surface area contributed by atoms with Crippen LogP contribution in [-0.4, -0.2) is 39.1 Å². The summed E-state index contributed by atoms with van der Waals surface area (Å²) in [5.41, 5.74) is 2.79. The molecule has 6 heteroatoms. The minimum Gasteiger partial charge on any atom is -0.497 e. The summed E-state index contributed by atoms with van der Waals surface area (Å²) in [4.78, 5) is 29.2. The molecule has 0 N–H and O–H groups in total. The Morgan fingerprint density at radius 3 is 2.67 bits per heavy atom. The molecule has 0 radical (unpaired) electrons. The number of carbonyl (C=O) groups excluding carboxylic acids is 2. The quantitative estimate of drug-likeness (QED) is 0.835. The number of anilines is 2. The highest BCUT2D eigenvalue weighted by atomic mass is 16.5. The fourth-order valence-corrected chi connectivity index (χ4v) is 3.90. The van der Waals surface area contributed by atoms with Crippen LogP contribution in [0.1, 0.15) is 12.0 Å². The van der Waals surface area contributed by atoms with E-state index in [0.717, 1.165) is 12.1 Å². The number of rotatable bonds is 4. The van der Waals surface area contributed by atoms with Crippen LogP contribution in [0.3, 0.4) is 0 Å². The van der Waals surface area contributed by atoms with Crippen molar-refractivity contribution in [3.05, 3.63) is 48.0 Å². The van der Waals surface area contributed by atoms with E-state index in [2.05, 4.69) is 6.07 Å². The lowest BCUT2D eigenvalue weighted by Crippen LogP contribution is -2.36. The number of methoxy groups -OCH3 is 2. The fourth-order valence-electron chi connectivity index (χ4n) is 3.90. The highest BCUT2D eigenvalue weighted by Gasteiger charge is 2.39. The van der Waals surface area contributed by atoms with Gasteiger partial charge in [0.1, 0.15) is 11.5 Å². The molecule has 1 saturated heterocycles. The zero-order chi connectivity index (χ0) is 19.0. The Hall–Kier alpha value is -3.02. The van der Waals surface area contributed by atoms with Crippen LogP contribution in [0.2, 0.25) is 0 Å². The Morgan fingerprint density at radius 1 is 1.07 bits per heavy atom. The van der Waals surface area contributed by atoms with Crippen LogP contribution in [0, 0.1) is 5.92 Å². The molecule has 6 nitrogen and oxygen atoms in total. The maximum absolute atomic E-state index is 13.1. The van der Waals surface area contributed by atoms with Gasteiger partial charge in [-0.15, -0.1) is 0 Å². The smallest absolute Gasteiger partial charge is 0.232 e. The van der Waals surface area contributed by atoms with Crippen LogP contribution in [0.4, 0.5) is 11.4 Å². The Labute approximate surface area is 158 Å². The molecule has 1 atom stereocenters.